The standard InChI is InChI=1S/C11H23BN4O6S.C2HF3O2/c13-9-5-15(6-9)23(21,22)16-4-8(2-1-3-12(19)20)11(14,7-16)10(17)18;3-2(4,5)1(6)7/h8-9,19-20H,1-7,13-14H2,(H,17,18);(H,6,7)/t8-,11-;/m1./s1. The number of hydrogen-bond donors (Lipinski definition) is 6. The zero-order chi connectivity index (χ0) is 23.5. The molecule has 30 heavy (non-hydrogen) atoms. The van der Waals surface area contributed by atoms with Crippen LogP contribution in [0.1, 0.15) is 12.8 Å². The fraction of sp³-hybridized carbons (Fsp3) is 0.846. The van der Waals surface area contributed by atoms with Crippen LogP contribution in [0.15, 0.2) is 0 Å². The molecule has 0 aromatic carbocycles. The Labute approximate surface area is 170 Å². The maximum absolute atomic E-state index is 12.5. The largest absolute Gasteiger partial charge is 0.490 e. The number of nitrogens with two attached hydrogens (primary N) is 2. The van der Waals surface area contributed by atoms with Crippen molar-refractivity contribution < 1.29 is 51.4 Å². The highest BCUT2D eigenvalue weighted by atomic mass is 32.2. The van der Waals surface area contributed by atoms with Gasteiger partial charge < -0.3 is 31.7 Å². The van der Waals surface area contributed by atoms with Crippen LogP contribution in [0.3, 0.4) is 0 Å². The van der Waals surface area contributed by atoms with Gasteiger partial charge in [-0.1, -0.05) is 6.42 Å². The average molecular weight is 464 g/mol. The molecule has 2 heterocycles. The Kier molecular flexibility index (Phi) is 8.63. The molecule has 2 rings (SSSR count). The number of halogens is 3. The van der Waals surface area contributed by atoms with E-state index in [0.717, 1.165) is 4.31 Å². The molecule has 12 nitrogen and oxygen atoms in total. The molecule has 8 N–H and O–H groups in total. The third kappa shape index (κ3) is 6.50. The molecule has 0 unspecified atom stereocenters. The molecule has 0 saturated carbocycles. The summed E-state index contributed by atoms with van der Waals surface area (Å²) in [4.78, 5) is 20.4. The van der Waals surface area contributed by atoms with Crippen molar-refractivity contribution in [2.45, 2.75) is 36.9 Å². The zero-order valence-corrected chi connectivity index (χ0v) is 16.5. The monoisotopic (exact) mass is 464 g/mol. The van der Waals surface area contributed by atoms with E-state index in [1.54, 1.807) is 0 Å². The van der Waals surface area contributed by atoms with Crippen LogP contribution in [0.2, 0.25) is 6.32 Å². The molecule has 0 aromatic heterocycles. The summed E-state index contributed by atoms with van der Waals surface area (Å²) in [5.74, 6) is -4.61. The Morgan fingerprint density at radius 1 is 1.13 bits per heavy atom. The van der Waals surface area contributed by atoms with E-state index in [4.69, 9.17) is 31.4 Å². The first-order chi connectivity index (χ1) is 13.5. The molecular formula is C13H24BF3N4O8S. The fourth-order valence-corrected chi connectivity index (χ4v) is 4.86. The predicted octanol–water partition coefficient (Wildman–Crippen LogP) is -2.53. The van der Waals surface area contributed by atoms with E-state index in [0.29, 0.717) is 12.8 Å². The first kappa shape index (κ1) is 26.5. The van der Waals surface area contributed by atoms with E-state index >= 15 is 0 Å². The maximum atomic E-state index is 12.5. The SMILES string of the molecule is NC1CN(S(=O)(=O)N2C[C@@H](CCCB(O)O)[C@@](N)(C(=O)O)C2)C1.O=C(O)C(F)(F)F. The van der Waals surface area contributed by atoms with Crippen LogP contribution < -0.4 is 11.5 Å². The summed E-state index contributed by atoms with van der Waals surface area (Å²) in [6, 6.07) is -0.198. The minimum atomic E-state index is -5.08. The molecular weight excluding hydrogens is 440 g/mol. The van der Waals surface area contributed by atoms with Crippen molar-refractivity contribution in [3.05, 3.63) is 0 Å². The van der Waals surface area contributed by atoms with E-state index in [2.05, 4.69) is 0 Å². The Balaban J connectivity index is 0.000000553. The third-order valence-corrected chi connectivity index (χ3v) is 6.66. The highest BCUT2D eigenvalue weighted by molar-refractivity contribution is 7.86. The lowest BCUT2D eigenvalue weighted by Gasteiger charge is -2.38. The summed E-state index contributed by atoms with van der Waals surface area (Å²) in [6.07, 6.45) is -4.36. The first-order valence-electron chi connectivity index (χ1n) is 8.71. The molecule has 0 aliphatic carbocycles. The lowest BCUT2D eigenvalue weighted by Crippen LogP contribution is -2.61. The third-order valence-electron chi connectivity index (χ3n) is 4.77. The highest BCUT2D eigenvalue weighted by Crippen LogP contribution is 2.33. The van der Waals surface area contributed by atoms with Gasteiger partial charge in [0.05, 0.1) is 0 Å². The lowest BCUT2D eigenvalue weighted by molar-refractivity contribution is -0.192. The average Bonchev–Trinajstić information content (AvgIpc) is 2.90. The quantitative estimate of drug-likeness (QED) is 0.218. The highest BCUT2D eigenvalue weighted by Gasteiger charge is 2.54. The van der Waals surface area contributed by atoms with Crippen LogP contribution in [-0.4, -0.2) is 100 Å². The minimum Gasteiger partial charge on any atom is -0.480 e. The number of alkyl halides is 3. The Bertz CT molecular complexity index is 734. The van der Waals surface area contributed by atoms with Gasteiger partial charge in [-0.25, -0.2) is 4.79 Å². The van der Waals surface area contributed by atoms with Gasteiger partial charge in [0.2, 0.25) is 0 Å². The van der Waals surface area contributed by atoms with Gasteiger partial charge in [0.25, 0.3) is 10.2 Å². The van der Waals surface area contributed by atoms with Crippen LogP contribution in [0.25, 0.3) is 0 Å². The number of nitrogens with zero attached hydrogens (tertiary/aromatic N) is 2. The first-order valence-corrected chi connectivity index (χ1v) is 10.1. The molecule has 2 atom stereocenters. The summed E-state index contributed by atoms with van der Waals surface area (Å²) in [7, 11) is -5.25. The van der Waals surface area contributed by atoms with Crippen LogP contribution >= 0.6 is 0 Å². The van der Waals surface area contributed by atoms with E-state index < -0.39 is 46.9 Å². The van der Waals surface area contributed by atoms with Crippen molar-refractivity contribution >= 4 is 29.3 Å². The normalized spacial score (nSPS) is 25.9. The van der Waals surface area contributed by atoms with Gasteiger partial charge in [0, 0.05) is 38.1 Å². The molecule has 0 spiro atoms. The number of carboxylic acid groups (broad SMARTS) is 2. The minimum absolute atomic E-state index is 0.00159. The molecule has 0 radical (unpaired) electrons. The van der Waals surface area contributed by atoms with Crippen molar-refractivity contribution in [3.63, 3.8) is 0 Å². The Hall–Kier alpha value is -1.50. The van der Waals surface area contributed by atoms with E-state index in [9.17, 15) is 31.5 Å². The summed E-state index contributed by atoms with van der Waals surface area (Å²) in [6.45, 7) is 0.122. The van der Waals surface area contributed by atoms with E-state index in [1.165, 1.54) is 4.31 Å². The van der Waals surface area contributed by atoms with Crippen molar-refractivity contribution in [1.82, 2.24) is 8.61 Å². The van der Waals surface area contributed by atoms with E-state index in [-0.39, 0.29) is 38.5 Å². The summed E-state index contributed by atoms with van der Waals surface area (Å²) in [5.41, 5.74) is 9.88. The summed E-state index contributed by atoms with van der Waals surface area (Å²) in [5, 5.41) is 34.3. The van der Waals surface area contributed by atoms with Gasteiger partial charge >= 0.3 is 25.2 Å². The van der Waals surface area contributed by atoms with Crippen LogP contribution in [0.4, 0.5) is 13.2 Å². The topological polar surface area (TPSA) is 208 Å². The Morgan fingerprint density at radius 3 is 2.00 bits per heavy atom. The molecule has 0 amide bonds. The van der Waals surface area contributed by atoms with Gasteiger partial charge in [0.1, 0.15) is 5.54 Å². The molecule has 17 heteroatoms. The second-order valence-electron chi connectivity index (χ2n) is 7.13. The molecule has 2 saturated heterocycles. The van der Waals surface area contributed by atoms with Gasteiger partial charge in [-0.05, 0) is 12.7 Å². The zero-order valence-electron chi connectivity index (χ0n) is 15.7. The number of carboxylic acids is 2. The van der Waals surface area contributed by atoms with Gasteiger partial charge in [0.15, 0.2) is 0 Å². The number of carbonyl (C=O) groups is 2. The maximum Gasteiger partial charge on any atom is 0.490 e. The molecule has 2 aliphatic heterocycles. The fourth-order valence-electron chi connectivity index (χ4n) is 3.03. The van der Waals surface area contributed by atoms with E-state index in [1.807, 2.05) is 0 Å². The predicted molar refractivity (Wildman–Crippen MR) is 96.0 cm³/mol. The van der Waals surface area contributed by atoms with Crippen LogP contribution in [0, 0.1) is 5.92 Å². The molecule has 2 fully saturated rings. The van der Waals surface area contributed by atoms with Crippen molar-refractivity contribution in [3.8, 4) is 0 Å². The summed E-state index contributed by atoms with van der Waals surface area (Å²) >= 11 is 0. The molecule has 0 aromatic rings. The lowest BCUT2D eigenvalue weighted by atomic mass is 9.78. The Morgan fingerprint density at radius 2 is 1.63 bits per heavy atom. The van der Waals surface area contributed by atoms with Crippen molar-refractivity contribution in [2.75, 3.05) is 26.2 Å². The number of aliphatic carboxylic acids is 2. The van der Waals surface area contributed by atoms with Crippen molar-refractivity contribution in [1.29, 1.82) is 0 Å². The number of rotatable bonds is 7. The van der Waals surface area contributed by atoms with Crippen molar-refractivity contribution in [2.24, 2.45) is 17.4 Å². The van der Waals surface area contributed by atoms with Gasteiger partial charge in [-0.15, -0.1) is 0 Å². The summed E-state index contributed by atoms with van der Waals surface area (Å²) < 4.78 is 59.0. The van der Waals surface area contributed by atoms with Crippen LogP contribution in [0.5, 0.6) is 0 Å². The second kappa shape index (κ2) is 9.76. The van der Waals surface area contributed by atoms with Crippen LogP contribution in [-0.2, 0) is 19.8 Å². The smallest absolute Gasteiger partial charge is 0.480 e. The number of hydrogen-bond acceptors (Lipinski definition) is 8. The van der Waals surface area contributed by atoms with Gasteiger partial charge in [-0.2, -0.15) is 30.2 Å². The molecule has 174 valence electrons. The molecule has 2 aliphatic rings. The second-order valence-corrected chi connectivity index (χ2v) is 9.06. The molecule has 0 bridgehead atoms. The van der Waals surface area contributed by atoms with Gasteiger partial charge in [-0.3, -0.25) is 4.79 Å².